The molecule has 50 heavy (non-hydrogen) atoms. The van der Waals surface area contributed by atoms with Crippen LogP contribution in [0.4, 0.5) is 0 Å². The lowest BCUT2D eigenvalue weighted by Crippen LogP contribution is -2.16. The second kappa shape index (κ2) is 10.8. The fourth-order valence-electron chi connectivity index (χ4n) is 8.82. The number of hydrogen-bond acceptors (Lipinski definition) is 3. The Hall–Kier alpha value is -5.93. The predicted octanol–water partition coefficient (Wildman–Crippen LogP) is 11.7. The van der Waals surface area contributed by atoms with E-state index >= 15 is 0 Å². The average molecular weight is 642 g/mol. The van der Waals surface area contributed by atoms with E-state index in [0.29, 0.717) is 5.92 Å². The number of rotatable bonds is 3. The van der Waals surface area contributed by atoms with E-state index in [4.69, 9.17) is 4.98 Å². The Balaban J connectivity index is 1.11. The Kier molecular flexibility index (Phi) is 6.26. The number of pyridine rings is 1. The number of allylic oxidation sites excluding steroid dienone is 1. The van der Waals surface area contributed by atoms with E-state index in [1.54, 1.807) is 0 Å². The molecule has 2 aliphatic carbocycles. The third-order valence-electron chi connectivity index (χ3n) is 11.2. The molecule has 3 nitrogen and oxygen atoms in total. The molecule has 238 valence electrons. The van der Waals surface area contributed by atoms with E-state index < -0.39 is 0 Å². The van der Waals surface area contributed by atoms with Crippen LogP contribution in [0.25, 0.3) is 77.6 Å². The second-order valence-electron chi connectivity index (χ2n) is 14.5. The van der Waals surface area contributed by atoms with Gasteiger partial charge < -0.3 is 0 Å². The summed E-state index contributed by atoms with van der Waals surface area (Å²) in [6, 6.07) is 44.4. The molecular weight excluding hydrogens is 607 g/mol. The van der Waals surface area contributed by atoms with E-state index in [1.165, 1.54) is 82.6 Å². The molecule has 2 aromatic heterocycles. The molecule has 1 unspecified atom stereocenters. The van der Waals surface area contributed by atoms with Gasteiger partial charge in [-0.3, -0.25) is 0 Å². The molecule has 8 aromatic rings. The summed E-state index contributed by atoms with van der Waals surface area (Å²) in [5, 5.41) is 6.39. The molecule has 0 N–H and O–H groups in total. The molecule has 10 rings (SSSR count). The monoisotopic (exact) mass is 641 g/mol. The van der Waals surface area contributed by atoms with Crippen molar-refractivity contribution in [3.8, 4) is 33.5 Å². The molecule has 0 amide bonds. The van der Waals surface area contributed by atoms with Crippen molar-refractivity contribution >= 4 is 44.1 Å². The molecule has 0 saturated carbocycles. The Morgan fingerprint density at radius 1 is 0.620 bits per heavy atom. The van der Waals surface area contributed by atoms with Crippen LogP contribution in [0.5, 0.6) is 0 Å². The molecule has 3 heteroatoms. The summed E-state index contributed by atoms with van der Waals surface area (Å²) in [5.41, 5.74) is 14.8. The van der Waals surface area contributed by atoms with Crippen LogP contribution >= 0.6 is 0 Å². The fraction of sp³-hybridized carbons (Fsp3) is 0.128. The highest BCUT2D eigenvalue weighted by Crippen LogP contribution is 2.53. The van der Waals surface area contributed by atoms with Gasteiger partial charge in [0.15, 0.2) is 5.82 Å². The van der Waals surface area contributed by atoms with E-state index in [1.807, 2.05) is 18.5 Å². The zero-order valence-corrected chi connectivity index (χ0v) is 28.4. The van der Waals surface area contributed by atoms with Crippen LogP contribution in [0.3, 0.4) is 0 Å². The first-order valence-corrected chi connectivity index (χ1v) is 17.6. The number of benzene rings is 6. The topological polar surface area (TPSA) is 38.7 Å². The molecular formula is C47H35N3. The molecule has 0 radical (unpaired) electrons. The van der Waals surface area contributed by atoms with E-state index in [-0.39, 0.29) is 5.41 Å². The lowest BCUT2D eigenvalue weighted by Gasteiger charge is -2.26. The van der Waals surface area contributed by atoms with Crippen molar-refractivity contribution < 1.29 is 0 Å². The SMILES string of the molecule is CC1Cc2c(c3ccccc3c3cc(-c4ccc(-c5c6c(nc7ccccc57)-c5ccccc5C6(C)C)cc4)ccc23)C=C1c1ncccn1. The third kappa shape index (κ3) is 4.19. The minimum Gasteiger partial charge on any atom is -0.247 e. The summed E-state index contributed by atoms with van der Waals surface area (Å²) < 4.78 is 0. The molecule has 6 aromatic carbocycles. The molecule has 0 bridgehead atoms. The van der Waals surface area contributed by atoms with Crippen LogP contribution in [0.1, 0.15) is 48.8 Å². The minimum atomic E-state index is -0.156. The predicted molar refractivity (Wildman–Crippen MR) is 208 cm³/mol. The summed E-state index contributed by atoms with van der Waals surface area (Å²) in [7, 11) is 0. The lowest BCUT2D eigenvalue weighted by atomic mass is 9.78. The molecule has 0 saturated heterocycles. The highest BCUT2D eigenvalue weighted by Gasteiger charge is 2.39. The highest BCUT2D eigenvalue weighted by atomic mass is 14.9. The molecule has 0 fully saturated rings. The summed E-state index contributed by atoms with van der Waals surface area (Å²) in [6.45, 7) is 6.98. The Labute approximate surface area is 292 Å². The fourth-order valence-corrected chi connectivity index (χ4v) is 8.82. The standard InChI is InChI=1S/C47H35N3/c1-28-25-38-34-22-21-31(26-39(34)32-11-4-5-12-33(32)40(38)27-37(28)46-48-23-10-24-49-46)29-17-19-30(20-18-29)43-36-14-7-9-16-42(36)50-45-35-13-6-8-15-41(35)47(2,3)44(43)45/h4-24,26-28H,25H2,1-3H3. The van der Waals surface area contributed by atoms with Crippen molar-refractivity contribution in [2.24, 2.45) is 5.92 Å². The van der Waals surface area contributed by atoms with Crippen molar-refractivity contribution in [2.75, 3.05) is 0 Å². The van der Waals surface area contributed by atoms with Crippen LogP contribution in [0, 0.1) is 5.92 Å². The van der Waals surface area contributed by atoms with Gasteiger partial charge in [-0.15, -0.1) is 0 Å². The van der Waals surface area contributed by atoms with Crippen LogP contribution in [-0.4, -0.2) is 15.0 Å². The van der Waals surface area contributed by atoms with Gasteiger partial charge in [0.2, 0.25) is 0 Å². The third-order valence-corrected chi connectivity index (χ3v) is 11.2. The van der Waals surface area contributed by atoms with Gasteiger partial charge in [0, 0.05) is 34.3 Å². The van der Waals surface area contributed by atoms with Crippen molar-refractivity contribution in [3.63, 3.8) is 0 Å². The van der Waals surface area contributed by atoms with Gasteiger partial charge in [-0.05, 0) is 103 Å². The summed E-state index contributed by atoms with van der Waals surface area (Å²) in [6.07, 6.45) is 6.97. The van der Waals surface area contributed by atoms with Gasteiger partial charge in [-0.25, -0.2) is 15.0 Å². The number of fused-ring (bicyclic) bond motifs is 10. The molecule has 0 spiro atoms. The van der Waals surface area contributed by atoms with Gasteiger partial charge in [0.1, 0.15) is 0 Å². The summed E-state index contributed by atoms with van der Waals surface area (Å²) >= 11 is 0. The molecule has 2 heterocycles. The lowest BCUT2D eigenvalue weighted by molar-refractivity contribution is 0.662. The second-order valence-corrected chi connectivity index (χ2v) is 14.5. The number of hydrogen-bond donors (Lipinski definition) is 0. The van der Waals surface area contributed by atoms with Crippen molar-refractivity contribution in [2.45, 2.75) is 32.6 Å². The molecule has 2 aliphatic rings. The maximum atomic E-state index is 5.24. The van der Waals surface area contributed by atoms with Crippen LogP contribution < -0.4 is 0 Å². The molecule has 0 aliphatic heterocycles. The first-order valence-electron chi connectivity index (χ1n) is 17.6. The van der Waals surface area contributed by atoms with Crippen molar-refractivity contribution in [1.29, 1.82) is 0 Å². The quantitative estimate of drug-likeness (QED) is 0.180. The van der Waals surface area contributed by atoms with Gasteiger partial charge >= 0.3 is 0 Å². The van der Waals surface area contributed by atoms with Crippen LogP contribution in [0.15, 0.2) is 134 Å². The Bertz CT molecular complexity index is 2700. The number of para-hydroxylation sites is 1. The minimum absolute atomic E-state index is 0.156. The van der Waals surface area contributed by atoms with E-state index in [9.17, 15) is 0 Å². The Morgan fingerprint density at radius 3 is 2.12 bits per heavy atom. The smallest absolute Gasteiger partial charge is 0.155 e. The van der Waals surface area contributed by atoms with Gasteiger partial charge in [-0.2, -0.15) is 0 Å². The number of nitrogens with zero attached hydrogens (tertiary/aromatic N) is 3. The maximum absolute atomic E-state index is 5.24. The van der Waals surface area contributed by atoms with Gasteiger partial charge in [0.25, 0.3) is 0 Å². The summed E-state index contributed by atoms with van der Waals surface area (Å²) in [4.78, 5) is 14.5. The van der Waals surface area contributed by atoms with E-state index in [0.717, 1.165) is 23.5 Å². The van der Waals surface area contributed by atoms with Gasteiger partial charge in [-0.1, -0.05) is 124 Å². The zero-order valence-electron chi connectivity index (χ0n) is 28.4. The Morgan fingerprint density at radius 2 is 1.30 bits per heavy atom. The van der Waals surface area contributed by atoms with Crippen LogP contribution in [-0.2, 0) is 11.8 Å². The van der Waals surface area contributed by atoms with Crippen LogP contribution in [0.2, 0.25) is 0 Å². The first-order chi connectivity index (χ1) is 24.5. The average Bonchev–Trinajstić information content (AvgIpc) is 3.39. The van der Waals surface area contributed by atoms with E-state index in [2.05, 4.69) is 152 Å². The number of aromatic nitrogens is 3. The van der Waals surface area contributed by atoms with Crippen molar-refractivity contribution in [3.05, 3.63) is 162 Å². The first kappa shape index (κ1) is 29.0. The summed E-state index contributed by atoms with van der Waals surface area (Å²) in [5.74, 6) is 1.15. The zero-order chi connectivity index (χ0) is 33.6. The normalized spacial score (nSPS) is 15.9. The highest BCUT2D eigenvalue weighted by molar-refractivity contribution is 6.15. The van der Waals surface area contributed by atoms with Gasteiger partial charge in [0.05, 0.1) is 11.2 Å². The maximum Gasteiger partial charge on any atom is 0.155 e. The largest absolute Gasteiger partial charge is 0.247 e. The molecule has 1 atom stereocenters. The van der Waals surface area contributed by atoms with Crippen molar-refractivity contribution in [1.82, 2.24) is 15.0 Å².